The lowest BCUT2D eigenvalue weighted by molar-refractivity contribution is -0.119. The van der Waals surface area contributed by atoms with Crippen molar-refractivity contribution in [1.29, 1.82) is 0 Å². The van der Waals surface area contributed by atoms with Crippen LogP contribution in [0.5, 0.6) is 0 Å². The van der Waals surface area contributed by atoms with Gasteiger partial charge in [0.15, 0.2) is 0 Å². The molecule has 3 aliphatic rings. The van der Waals surface area contributed by atoms with Crippen molar-refractivity contribution >= 4 is 18.5 Å². The van der Waals surface area contributed by atoms with E-state index in [0.29, 0.717) is 17.5 Å². The highest BCUT2D eigenvalue weighted by molar-refractivity contribution is 5.92. The van der Waals surface area contributed by atoms with Gasteiger partial charge in [-0.15, -0.1) is 0 Å². The summed E-state index contributed by atoms with van der Waals surface area (Å²) in [6.45, 7) is 3.90. The molecule has 0 aromatic carbocycles. The maximum atomic E-state index is 12.0. The lowest BCUT2D eigenvalue weighted by Gasteiger charge is -2.41. The lowest BCUT2D eigenvalue weighted by Crippen LogP contribution is -2.59. The molecule has 0 aromatic heterocycles. The maximum absolute atomic E-state index is 12.0. The fraction of sp³-hybridized carbons (Fsp3) is 0.737. The Morgan fingerprint density at radius 1 is 1.20 bits per heavy atom. The fourth-order valence-corrected chi connectivity index (χ4v) is 4.00. The molecule has 6 nitrogen and oxygen atoms in total. The van der Waals surface area contributed by atoms with Crippen LogP contribution in [0, 0.1) is 23.7 Å². The summed E-state index contributed by atoms with van der Waals surface area (Å²) in [5.41, 5.74) is 8.49. The summed E-state index contributed by atoms with van der Waals surface area (Å²) >= 11 is 0. The molecule has 6 heteroatoms. The topological polar surface area (TPSA) is 92.5 Å². The Morgan fingerprint density at radius 2 is 1.68 bits per heavy atom. The van der Waals surface area contributed by atoms with Gasteiger partial charge in [-0.1, -0.05) is 25.7 Å². The highest BCUT2D eigenvalue weighted by Crippen LogP contribution is 2.46. The first kappa shape index (κ1) is 18.1. The molecule has 2 saturated carbocycles. The van der Waals surface area contributed by atoms with Gasteiger partial charge in [0.25, 0.3) is 5.91 Å². The van der Waals surface area contributed by atoms with Crippen molar-refractivity contribution in [1.82, 2.24) is 10.4 Å². The van der Waals surface area contributed by atoms with Gasteiger partial charge < -0.3 is 20.3 Å². The molecule has 25 heavy (non-hydrogen) atoms. The predicted octanol–water partition coefficient (Wildman–Crippen LogP) is 1.55. The van der Waals surface area contributed by atoms with E-state index < -0.39 is 11.4 Å². The molecule has 1 amide bonds. The third-order valence-corrected chi connectivity index (χ3v) is 5.84. The summed E-state index contributed by atoms with van der Waals surface area (Å²) in [6.07, 6.45) is 9.74. The molecule has 0 saturated heterocycles. The number of hydrogen-bond donors (Lipinski definition) is 2. The number of carbonyl (C=O) groups is 3. The summed E-state index contributed by atoms with van der Waals surface area (Å²) in [5.74, 6) is -0.129. The molecular weight excluding hydrogens is 318 g/mol. The van der Waals surface area contributed by atoms with Crippen LogP contribution in [0.1, 0.15) is 52.4 Å². The first-order valence-electron chi connectivity index (χ1n) is 9.41. The van der Waals surface area contributed by atoms with Crippen molar-refractivity contribution in [3.8, 4) is 0 Å². The van der Waals surface area contributed by atoms with Crippen LogP contribution in [0.2, 0.25) is 0 Å². The van der Waals surface area contributed by atoms with Gasteiger partial charge in [-0.2, -0.15) is 0 Å². The zero-order valence-corrected chi connectivity index (χ0v) is 15.1. The van der Waals surface area contributed by atoms with E-state index in [1.54, 1.807) is 11.1 Å². The fourth-order valence-electron chi connectivity index (χ4n) is 4.00. The van der Waals surface area contributed by atoms with Gasteiger partial charge in [-0.05, 0) is 44.6 Å². The second-order valence-corrected chi connectivity index (χ2v) is 8.25. The highest BCUT2D eigenvalue weighted by Gasteiger charge is 2.52. The Bertz CT molecular complexity index is 552. The van der Waals surface area contributed by atoms with Crippen molar-refractivity contribution in [3.05, 3.63) is 11.8 Å². The van der Waals surface area contributed by atoms with Crippen LogP contribution in [0.15, 0.2) is 11.8 Å². The van der Waals surface area contributed by atoms with Gasteiger partial charge in [0.2, 0.25) is 0 Å². The number of nitrogens with one attached hydrogen (secondary N) is 1. The average molecular weight is 347 g/mol. The van der Waals surface area contributed by atoms with Gasteiger partial charge in [0.05, 0.1) is 5.54 Å². The van der Waals surface area contributed by atoms with E-state index >= 15 is 0 Å². The maximum Gasteiger partial charge on any atom is 0.266 e. The van der Waals surface area contributed by atoms with Gasteiger partial charge >= 0.3 is 0 Å². The Morgan fingerprint density at radius 3 is 1.96 bits per heavy atom. The molecule has 138 valence electrons. The van der Waals surface area contributed by atoms with Crippen LogP contribution >= 0.6 is 0 Å². The smallest absolute Gasteiger partial charge is 0.266 e. The molecule has 1 heterocycles. The monoisotopic (exact) mass is 347 g/mol. The molecule has 2 fully saturated rings. The van der Waals surface area contributed by atoms with Crippen molar-refractivity contribution in [2.75, 3.05) is 0 Å². The molecule has 2 aliphatic carbocycles. The minimum absolute atomic E-state index is 0.0120. The number of aldehydes is 2. The van der Waals surface area contributed by atoms with Gasteiger partial charge in [0.1, 0.15) is 18.3 Å². The van der Waals surface area contributed by atoms with Crippen LogP contribution in [0.4, 0.5) is 0 Å². The van der Waals surface area contributed by atoms with Crippen LogP contribution < -0.4 is 11.2 Å². The number of primary amides is 1. The first-order chi connectivity index (χ1) is 11.9. The van der Waals surface area contributed by atoms with Crippen molar-refractivity contribution in [3.63, 3.8) is 0 Å². The molecule has 3 rings (SSSR count). The SMILES string of the molecule is CC(C)N1NC(C(C=O)CC2CC2)(C(C=O)CC2CC2)C=C1C(N)=O. The third kappa shape index (κ3) is 3.64. The van der Waals surface area contributed by atoms with E-state index in [4.69, 9.17) is 5.73 Å². The summed E-state index contributed by atoms with van der Waals surface area (Å²) < 4.78 is 0. The number of rotatable bonds is 10. The zero-order valence-electron chi connectivity index (χ0n) is 15.1. The number of nitrogens with zero attached hydrogens (tertiary/aromatic N) is 1. The number of carbonyl (C=O) groups excluding carboxylic acids is 3. The normalized spacial score (nSPS) is 28.6. The minimum atomic E-state index is -0.844. The second kappa shape index (κ2) is 6.90. The van der Waals surface area contributed by atoms with E-state index in [-0.39, 0.29) is 17.9 Å². The molecule has 3 N–H and O–H groups in total. The molecular formula is C19H29N3O3. The third-order valence-electron chi connectivity index (χ3n) is 5.84. The number of hydrogen-bond acceptors (Lipinski definition) is 5. The largest absolute Gasteiger partial charge is 0.364 e. The van der Waals surface area contributed by atoms with E-state index in [1.807, 2.05) is 13.8 Å². The van der Waals surface area contributed by atoms with Crippen LogP contribution in [-0.2, 0) is 14.4 Å². The average Bonchev–Trinajstić information content (AvgIpc) is 3.49. The van der Waals surface area contributed by atoms with Gasteiger partial charge in [-0.3, -0.25) is 4.79 Å². The van der Waals surface area contributed by atoms with E-state index in [9.17, 15) is 14.4 Å². The Hall–Kier alpha value is -1.69. The minimum Gasteiger partial charge on any atom is -0.364 e. The summed E-state index contributed by atoms with van der Waals surface area (Å²) in [6, 6.07) is -0.0120. The quantitative estimate of drug-likeness (QED) is 0.585. The van der Waals surface area contributed by atoms with Crippen molar-refractivity contribution in [2.45, 2.75) is 64.0 Å². The second-order valence-electron chi connectivity index (χ2n) is 8.25. The Kier molecular flexibility index (Phi) is 5.00. The van der Waals surface area contributed by atoms with Gasteiger partial charge in [-0.25, -0.2) is 5.43 Å². The lowest BCUT2D eigenvalue weighted by atomic mass is 9.71. The predicted molar refractivity (Wildman–Crippen MR) is 93.9 cm³/mol. The molecule has 0 spiro atoms. The van der Waals surface area contributed by atoms with Crippen molar-refractivity contribution in [2.24, 2.45) is 29.4 Å². The molecule has 0 bridgehead atoms. The van der Waals surface area contributed by atoms with E-state index in [2.05, 4.69) is 5.43 Å². The van der Waals surface area contributed by atoms with Gasteiger partial charge in [0, 0.05) is 17.9 Å². The van der Waals surface area contributed by atoms with Crippen LogP contribution in [0.25, 0.3) is 0 Å². The standard InChI is InChI=1S/C19H29N3O3/c1-12(2)22-17(18(20)25)9-19(21-22,15(10-23)7-13-3-4-13)16(11-24)8-14-5-6-14/h9-16,21H,3-8H2,1-2H3,(H2,20,25). The first-order valence-corrected chi connectivity index (χ1v) is 9.41. The molecule has 2 atom stereocenters. The zero-order chi connectivity index (χ0) is 18.2. The summed E-state index contributed by atoms with van der Waals surface area (Å²) in [5, 5.41) is 1.73. The molecule has 2 unspecified atom stereocenters. The highest BCUT2D eigenvalue weighted by atomic mass is 16.1. The summed E-state index contributed by atoms with van der Waals surface area (Å²) in [4.78, 5) is 36.0. The van der Waals surface area contributed by atoms with E-state index in [0.717, 1.165) is 51.1 Å². The number of amides is 1. The molecule has 0 aromatic rings. The number of nitrogens with two attached hydrogens (primary N) is 1. The summed E-state index contributed by atoms with van der Waals surface area (Å²) in [7, 11) is 0. The molecule has 1 aliphatic heterocycles. The van der Waals surface area contributed by atoms with Crippen LogP contribution in [-0.4, -0.2) is 35.1 Å². The van der Waals surface area contributed by atoms with Crippen molar-refractivity contribution < 1.29 is 14.4 Å². The Balaban J connectivity index is 1.99. The Labute approximate surface area is 149 Å². The molecule has 0 radical (unpaired) electrons. The van der Waals surface area contributed by atoms with Crippen LogP contribution in [0.3, 0.4) is 0 Å². The van der Waals surface area contributed by atoms with E-state index in [1.165, 1.54) is 0 Å². The number of hydrazine groups is 1.